The highest BCUT2D eigenvalue weighted by Gasteiger charge is 2.37. The summed E-state index contributed by atoms with van der Waals surface area (Å²) >= 11 is 0. The SMILES string of the molecule is CC1=Cc2c(ccc(C)c2-c2cc(C(F)(F)F)cc(C(F)(F)F)c2)C1. The van der Waals surface area contributed by atoms with E-state index in [2.05, 4.69) is 0 Å². The zero-order valence-electron chi connectivity index (χ0n) is 13.4. The third-order valence-electron chi connectivity index (χ3n) is 4.28. The molecule has 1 aliphatic rings. The first-order valence-corrected chi connectivity index (χ1v) is 7.56. The number of aryl methyl sites for hydroxylation is 1. The number of hydrogen-bond donors (Lipinski definition) is 0. The monoisotopic (exact) mass is 356 g/mol. The Balaban J connectivity index is 2.31. The Morgan fingerprint density at radius 2 is 1.36 bits per heavy atom. The highest BCUT2D eigenvalue weighted by Crippen LogP contribution is 2.42. The first-order valence-electron chi connectivity index (χ1n) is 7.56. The van der Waals surface area contributed by atoms with E-state index in [4.69, 9.17) is 0 Å². The Kier molecular flexibility index (Phi) is 3.97. The third-order valence-corrected chi connectivity index (χ3v) is 4.28. The van der Waals surface area contributed by atoms with Gasteiger partial charge >= 0.3 is 12.4 Å². The molecule has 2 aromatic rings. The first-order chi connectivity index (χ1) is 11.5. The molecule has 6 heteroatoms. The molecule has 25 heavy (non-hydrogen) atoms. The molecule has 0 heterocycles. The van der Waals surface area contributed by atoms with Gasteiger partial charge in [0.05, 0.1) is 11.1 Å². The Bertz CT molecular complexity index is 836. The molecular weight excluding hydrogens is 342 g/mol. The minimum atomic E-state index is -4.85. The van der Waals surface area contributed by atoms with Gasteiger partial charge in [-0.25, -0.2) is 0 Å². The van der Waals surface area contributed by atoms with Crippen molar-refractivity contribution in [2.45, 2.75) is 32.6 Å². The van der Waals surface area contributed by atoms with E-state index in [0.717, 1.165) is 23.3 Å². The molecule has 0 atom stereocenters. The zero-order valence-corrected chi connectivity index (χ0v) is 13.4. The second-order valence-corrected chi connectivity index (χ2v) is 6.29. The largest absolute Gasteiger partial charge is 0.416 e. The Morgan fingerprint density at radius 3 is 1.88 bits per heavy atom. The van der Waals surface area contributed by atoms with Crippen LogP contribution in [0.2, 0.25) is 0 Å². The topological polar surface area (TPSA) is 0 Å². The van der Waals surface area contributed by atoms with Crippen molar-refractivity contribution in [1.82, 2.24) is 0 Å². The van der Waals surface area contributed by atoms with Gasteiger partial charge in [-0.05, 0) is 66.3 Å². The maximum absolute atomic E-state index is 13.1. The van der Waals surface area contributed by atoms with Gasteiger partial charge in [0, 0.05) is 0 Å². The lowest BCUT2D eigenvalue weighted by Gasteiger charge is -2.17. The lowest BCUT2D eigenvalue weighted by molar-refractivity contribution is -0.143. The lowest BCUT2D eigenvalue weighted by atomic mass is 9.90. The number of rotatable bonds is 1. The van der Waals surface area contributed by atoms with Crippen LogP contribution in [0, 0.1) is 6.92 Å². The molecular formula is C19H14F6. The summed E-state index contributed by atoms with van der Waals surface area (Å²) in [5.41, 5.74) is 1.02. The van der Waals surface area contributed by atoms with Crippen molar-refractivity contribution in [3.8, 4) is 11.1 Å². The molecule has 0 amide bonds. The summed E-state index contributed by atoms with van der Waals surface area (Å²) in [7, 11) is 0. The van der Waals surface area contributed by atoms with Gasteiger partial charge in [-0.15, -0.1) is 0 Å². The van der Waals surface area contributed by atoms with Crippen LogP contribution < -0.4 is 0 Å². The third kappa shape index (κ3) is 3.30. The Labute approximate surface area is 140 Å². The van der Waals surface area contributed by atoms with Crippen LogP contribution in [0.15, 0.2) is 35.9 Å². The Morgan fingerprint density at radius 1 is 0.800 bits per heavy atom. The maximum atomic E-state index is 13.1. The number of hydrogen-bond acceptors (Lipinski definition) is 0. The molecule has 0 radical (unpaired) electrons. The molecule has 3 rings (SSSR count). The Hall–Kier alpha value is -2.24. The molecule has 2 aromatic carbocycles. The van der Waals surface area contributed by atoms with Crippen molar-refractivity contribution in [3.63, 3.8) is 0 Å². The van der Waals surface area contributed by atoms with Gasteiger partial charge in [0.15, 0.2) is 0 Å². The smallest absolute Gasteiger partial charge is 0.166 e. The summed E-state index contributed by atoms with van der Waals surface area (Å²) in [5, 5.41) is 0. The molecule has 0 spiro atoms. The quantitative estimate of drug-likeness (QED) is 0.501. The van der Waals surface area contributed by atoms with Crippen LogP contribution in [0.25, 0.3) is 17.2 Å². The standard InChI is InChI=1S/C19H14F6/c1-10-5-12-4-3-11(2)17(16(12)6-10)13-7-14(18(20,21)22)9-15(8-13)19(23,24)25/h3-4,6-9H,5H2,1-2H3. The number of benzene rings is 2. The molecule has 1 aliphatic carbocycles. The molecule has 0 fully saturated rings. The fourth-order valence-corrected chi connectivity index (χ4v) is 3.17. The van der Waals surface area contributed by atoms with Gasteiger partial charge in [-0.2, -0.15) is 26.3 Å². The summed E-state index contributed by atoms with van der Waals surface area (Å²) in [6.07, 6.45) is -7.24. The fourth-order valence-electron chi connectivity index (χ4n) is 3.17. The minimum absolute atomic E-state index is 0.0672. The maximum Gasteiger partial charge on any atom is 0.416 e. The van der Waals surface area contributed by atoms with Gasteiger partial charge in [0.25, 0.3) is 0 Å². The summed E-state index contributed by atoms with van der Waals surface area (Å²) < 4.78 is 78.7. The zero-order chi connectivity index (χ0) is 18.6. The molecule has 0 aromatic heterocycles. The first kappa shape index (κ1) is 17.6. The van der Waals surface area contributed by atoms with Crippen LogP contribution in [-0.4, -0.2) is 0 Å². The van der Waals surface area contributed by atoms with E-state index in [0.29, 0.717) is 23.1 Å². The van der Waals surface area contributed by atoms with Gasteiger partial charge in [-0.1, -0.05) is 23.8 Å². The summed E-state index contributed by atoms with van der Waals surface area (Å²) in [5.74, 6) is 0. The number of fused-ring (bicyclic) bond motifs is 1. The van der Waals surface area contributed by atoms with Crippen molar-refractivity contribution < 1.29 is 26.3 Å². The van der Waals surface area contributed by atoms with Crippen LogP contribution in [0.1, 0.15) is 34.7 Å². The van der Waals surface area contributed by atoms with E-state index >= 15 is 0 Å². The predicted octanol–water partition coefficient (Wildman–Crippen LogP) is 6.66. The lowest BCUT2D eigenvalue weighted by Crippen LogP contribution is -2.11. The number of allylic oxidation sites excluding steroid dienone is 1. The fraction of sp³-hybridized carbons (Fsp3) is 0.263. The van der Waals surface area contributed by atoms with Gasteiger partial charge in [-0.3, -0.25) is 0 Å². The summed E-state index contributed by atoms with van der Waals surface area (Å²) in [4.78, 5) is 0. The molecule has 0 bridgehead atoms. The van der Waals surface area contributed by atoms with E-state index in [9.17, 15) is 26.3 Å². The molecule has 0 saturated heterocycles. The molecule has 0 unspecified atom stereocenters. The van der Waals surface area contributed by atoms with Crippen molar-refractivity contribution in [2.24, 2.45) is 0 Å². The highest BCUT2D eigenvalue weighted by atomic mass is 19.4. The van der Waals surface area contributed by atoms with E-state index in [1.807, 2.05) is 19.1 Å². The molecule has 0 aliphatic heterocycles. The molecule has 0 saturated carbocycles. The van der Waals surface area contributed by atoms with E-state index < -0.39 is 23.5 Å². The average molecular weight is 356 g/mol. The highest BCUT2D eigenvalue weighted by molar-refractivity contribution is 5.83. The predicted molar refractivity (Wildman–Crippen MR) is 84.0 cm³/mol. The van der Waals surface area contributed by atoms with E-state index in [1.165, 1.54) is 0 Å². The van der Waals surface area contributed by atoms with Crippen LogP contribution in [-0.2, 0) is 18.8 Å². The second-order valence-electron chi connectivity index (χ2n) is 6.29. The van der Waals surface area contributed by atoms with Gasteiger partial charge in [0.2, 0.25) is 0 Å². The van der Waals surface area contributed by atoms with Crippen LogP contribution in [0.4, 0.5) is 26.3 Å². The van der Waals surface area contributed by atoms with Gasteiger partial charge in [0.1, 0.15) is 0 Å². The van der Waals surface area contributed by atoms with Crippen molar-refractivity contribution in [1.29, 1.82) is 0 Å². The number of alkyl halides is 6. The normalized spacial score (nSPS) is 14.5. The van der Waals surface area contributed by atoms with Crippen molar-refractivity contribution in [2.75, 3.05) is 0 Å². The molecule has 132 valence electrons. The summed E-state index contributed by atoms with van der Waals surface area (Å²) in [6.45, 7) is 3.57. The van der Waals surface area contributed by atoms with Gasteiger partial charge < -0.3 is 0 Å². The van der Waals surface area contributed by atoms with Crippen LogP contribution in [0.5, 0.6) is 0 Å². The summed E-state index contributed by atoms with van der Waals surface area (Å²) in [6, 6.07) is 5.33. The van der Waals surface area contributed by atoms with E-state index in [-0.39, 0.29) is 11.6 Å². The minimum Gasteiger partial charge on any atom is -0.166 e. The van der Waals surface area contributed by atoms with Crippen LogP contribution >= 0.6 is 0 Å². The molecule has 0 nitrogen and oxygen atoms in total. The van der Waals surface area contributed by atoms with Crippen LogP contribution in [0.3, 0.4) is 0 Å². The molecule has 0 N–H and O–H groups in total. The van der Waals surface area contributed by atoms with Crippen molar-refractivity contribution >= 4 is 6.08 Å². The number of halogens is 6. The second kappa shape index (κ2) is 5.64. The average Bonchev–Trinajstić information content (AvgIpc) is 2.85. The van der Waals surface area contributed by atoms with Crippen molar-refractivity contribution in [3.05, 3.63) is 63.7 Å². The van der Waals surface area contributed by atoms with E-state index in [1.54, 1.807) is 13.0 Å².